The second-order valence-corrected chi connectivity index (χ2v) is 32.9. The van der Waals surface area contributed by atoms with Crippen molar-refractivity contribution in [2.24, 2.45) is 15.0 Å². The Bertz CT molecular complexity index is 5620. The molecule has 0 saturated carbocycles. The van der Waals surface area contributed by atoms with E-state index in [4.69, 9.17) is 43.8 Å². The highest BCUT2D eigenvalue weighted by molar-refractivity contribution is 9.18. The zero-order valence-electron chi connectivity index (χ0n) is 70.8. The molecule has 0 aliphatic carbocycles. The molecule has 0 fully saturated rings. The van der Waals surface area contributed by atoms with Crippen molar-refractivity contribution in [1.29, 1.82) is 0 Å². The van der Waals surface area contributed by atoms with E-state index in [0.717, 1.165) is 204 Å². The van der Waals surface area contributed by atoms with Crippen molar-refractivity contribution in [3.8, 4) is 0 Å². The van der Waals surface area contributed by atoms with Gasteiger partial charge in [0.1, 0.15) is 19.8 Å². The van der Waals surface area contributed by atoms with Crippen LogP contribution in [-0.4, -0.2) is 175 Å². The molecular formula is C94H104BrN19O12. The maximum Gasteiger partial charge on any atom is 0.410 e. The van der Waals surface area contributed by atoms with Gasteiger partial charge in [-0.2, -0.15) is 0 Å². The molecule has 0 bridgehead atoms. The molecule has 15 heterocycles. The number of carbonyl (C=O) groups is 6. The summed E-state index contributed by atoms with van der Waals surface area (Å²) in [6.07, 6.45) is 11.6. The summed E-state index contributed by atoms with van der Waals surface area (Å²) in [5.74, 6) is 1.49. The largest absolute Gasteiger partial charge is 0.462 e. The number of imidazole rings is 3. The van der Waals surface area contributed by atoms with Crippen LogP contribution in [-0.2, 0) is 122 Å². The molecule has 0 saturated heterocycles. The van der Waals surface area contributed by atoms with E-state index in [1.54, 1.807) is 31.8 Å². The average molecular weight is 1770 g/mol. The van der Waals surface area contributed by atoms with Crippen molar-refractivity contribution in [2.45, 2.75) is 150 Å². The van der Waals surface area contributed by atoms with Crippen LogP contribution in [0.2, 0.25) is 0 Å². The number of esters is 2. The number of carbonyl (C=O) groups excluding carboxylic acids is 6. The van der Waals surface area contributed by atoms with Gasteiger partial charge < -0.3 is 84.0 Å². The lowest BCUT2D eigenvalue weighted by molar-refractivity contribution is 0.0515. The van der Waals surface area contributed by atoms with Crippen molar-refractivity contribution >= 4 is 87.0 Å². The Labute approximate surface area is 739 Å². The summed E-state index contributed by atoms with van der Waals surface area (Å²) < 4.78 is 27.5. The second-order valence-electron chi connectivity index (χ2n) is 32.0. The number of rotatable bonds is 14. The molecule has 3 aromatic heterocycles. The van der Waals surface area contributed by atoms with E-state index < -0.39 is 5.91 Å². The lowest BCUT2D eigenvalue weighted by Crippen LogP contribution is -2.36. The number of hydroxylamine groups is 1. The molecule has 126 heavy (non-hydrogen) atoms. The van der Waals surface area contributed by atoms with E-state index in [2.05, 4.69) is 82.6 Å². The average Bonchev–Trinajstić information content (AvgIpc) is 1.64. The number of nitrogens with zero attached hydrogens (tertiary/aromatic N) is 12. The highest BCUT2D eigenvalue weighted by Gasteiger charge is 2.35. The van der Waals surface area contributed by atoms with Crippen LogP contribution in [0.25, 0.3) is 0 Å². The van der Waals surface area contributed by atoms with Gasteiger partial charge in [0, 0.05) is 148 Å². The SMILES string of the molecule is C1=NC2=C(C1)CCNC2.CCOC(=O)c1cccc2c1CN(c1nc3c([nH]1)CN(C(=O)OCc1ccccc1)CC3)C2.CCOC(=O)c1cccc2c1CN(c1nc3c([nH]1)CNCC3)C2.O=C(NO)c1cccc2c1CN(c1nc3c([nH]1)CNCC3)C2.O=C(OCc1ccccc1)N1CCC2=C(C1)N=C(Br)C2.O=C(OCc1ccccc1)N1CCC2=C(C1)N=CC2. The van der Waals surface area contributed by atoms with Gasteiger partial charge in [-0.25, -0.2) is 49.4 Å². The second kappa shape index (κ2) is 41.3. The van der Waals surface area contributed by atoms with E-state index in [1.165, 1.54) is 34.5 Å². The summed E-state index contributed by atoms with van der Waals surface area (Å²) in [5, 5.41) is 18.8. The third kappa shape index (κ3) is 21.2. The van der Waals surface area contributed by atoms with Crippen molar-refractivity contribution < 1.29 is 57.7 Å². The summed E-state index contributed by atoms with van der Waals surface area (Å²) in [5.41, 5.74) is 26.9. The number of benzene rings is 6. The molecule has 0 radical (unpaired) electrons. The normalized spacial score (nSPS) is 16.9. The number of hydrogen-bond donors (Lipinski definition) is 8. The van der Waals surface area contributed by atoms with E-state index in [1.807, 2.05) is 160 Å². The predicted molar refractivity (Wildman–Crippen MR) is 479 cm³/mol. The van der Waals surface area contributed by atoms with Crippen LogP contribution < -0.4 is 36.1 Å². The van der Waals surface area contributed by atoms with Gasteiger partial charge in [-0.1, -0.05) is 127 Å². The summed E-state index contributed by atoms with van der Waals surface area (Å²) in [6, 6.07) is 46.2. The number of H-pyrrole nitrogens is 3. The fourth-order valence-electron chi connectivity index (χ4n) is 17.0. The minimum Gasteiger partial charge on any atom is -0.462 e. The van der Waals surface area contributed by atoms with Gasteiger partial charge >= 0.3 is 30.2 Å². The first-order valence-electron chi connectivity index (χ1n) is 43.1. The van der Waals surface area contributed by atoms with Crippen LogP contribution >= 0.6 is 15.9 Å². The Hall–Kier alpha value is -12.9. The highest BCUT2D eigenvalue weighted by Crippen LogP contribution is 2.36. The van der Waals surface area contributed by atoms with Gasteiger partial charge in [-0.15, -0.1) is 0 Å². The van der Waals surface area contributed by atoms with Gasteiger partial charge in [0.05, 0.1) is 99.9 Å². The van der Waals surface area contributed by atoms with Crippen LogP contribution in [0.15, 0.2) is 194 Å². The zero-order chi connectivity index (χ0) is 86.8. The molecule has 21 rings (SSSR count). The van der Waals surface area contributed by atoms with Gasteiger partial charge in [0.25, 0.3) is 5.91 Å². The minimum absolute atomic E-state index is 0.242. The number of hydrogen-bond acceptors (Lipinski definition) is 24. The first-order valence-corrected chi connectivity index (χ1v) is 43.9. The molecule has 12 aliphatic heterocycles. The number of aliphatic imine (C=N–C) groups is 3. The molecule has 8 N–H and O–H groups in total. The number of nitrogens with one attached hydrogen (secondary N) is 7. The van der Waals surface area contributed by atoms with E-state index >= 15 is 0 Å². The molecular weight excluding hydrogens is 1670 g/mol. The van der Waals surface area contributed by atoms with Gasteiger partial charge in [0.2, 0.25) is 17.8 Å². The van der Waals surface area contributed by atoms with Crippen LogP contribution in [0, 0.1) is 0 Å². The highest BCUT2D eigenvalue weighted by atomic mass is 79.9. The molecule has 654 valence electrons. The molecule has 31 nitrogen and oxygen atoms in total. The molecule has 12 aliphatic rings. The maximum absolute atomic E-state index is 12.6. The fourth-order valence-corrected chi connectivity index (χ4v) is 17.6. The number of amides is 4. The molecule has 0 spiro atoms. The fraction of sp³-hybridized carbons (Fsp3) is 0.362. The van der Waals surface area contributed by atoms with E-state index in [9.17, 15) is 28.8 Å². The number of aromatic nitrogens is 6. The summed E-state index contributed by atoms with van der Waals surface area (Å²) in [7, 11) is 0. The third-order valence-electron chi connectivity index (χ3n) is 23.7. The molecule has 0 unspecified atom stereocenters. The molecule has 32 heteroatoms. The quantitative estimate of drug-likeness (QED) is 0.0217. The van der Waals surface area contributed by atoms with Crippen LogP contribution in [0.5, 0.6) is 0 Å². The summed E-state index contributed by atoms with van der Waals surface area (Å²) >= 11 is 3.42. The first kappa shape index (κ1) is 86.6. The summed E-state index contributed by atoms with van der Waals surface area (Å²) in [4.78, 5) is 122. The number of anilines is 3. The standard InChI is InChI=1S/C25H26N4O4.C17H20N4O2.C15H15BrN2O2.C15H17N5O2.C15H16N2O2.C7H10N2/c1-2-32-23(30)19-10-6-9-18-13-29(14-20(18)19)24-26-21-11-12-28(15-22(21)27-24)25(31)33-16-17-7-4-3-5-8-17;1-2-23-16(22)12-5-3-4-11-9-21(10-13(11)12)17-19-14-6-7-18-8-15(14)20-17;16-14-8-12-6-7-18(9-13(12)17-14)15(19)20-10-11-4-2-1-3-5-11;21-14(19-22)10-3-1-2-9-7-20(8-11(9)10)15-17-12-4-5-16-6-13(12)18-15;18-15(19-11-12-4-2-1-3-5-12)17-9-7-13-6-8-16-14(13)10-17;1-3-8-5-7-6(1)2-4-9-7/h3-10H,2,11-16H2,1H3,(H,26,27);3-5,18H,2,6-10H2,1H3,(H,19,20);1-5H,6-10H2;1-3,16,22H,4-8H2,(H,17,18)(H,19,21);1-5,8H,6-7,9-11H2;4,8H,1-3,5H2. The Balaban J connectivity index is 0.000000114. The zero-order valence-corrected chi connectivity index (χ0v) is 72.4. The lowest BCUT2D eigenvalue weighted by Gasteiger charge is -2.26. The lowest BCUT2D eigenvalue weighted by atomic mass is 10.0. The monoisotopic (exact) mass is 1770 g/mol. The first-order chi connectivity index (χ1) is 61.6. The van der Waals surface area contributed by atoms with Crippen LogP contribution in [0.4, 0.5) is 32.2 Å². The summed E-state index contributed by atoms with van der Waals surface area (Å²) in [6.45, 7) is 18.6. The van der Waals surface area contributed by atoms with Gasteiger partial charge in [-0.05, 0) is 141 Å². The van der Waals surface area contributed by atoms with E-state index in [0.29, 0.717) is 115 Å². The number of aromatic amines is 3. The smallest absolute Gasteiger partial charge is 0.410 e. The molecule has 9 aromatic rings. The number of ether oxygens (including phenoxy) is 5. The van der Waals surface area contributed by atoms with Crippen molar-refractivity contribution in [1.82, 2.24) is 66.0 Å². The number of fused-ring (bicyclic) bond motifs is 6. The van der Waals surface area contributed by atoms with Crippen molar-refractivity contribution in [3.63, 3.8) is 0 Å². The Morgan fingerprint density at radius 1 is 0.413 bits per heavy atom. The van der Waals surface area contributed by atoms with E-state index in [-0.39, 0.29) is 36.8 Å². The van der Waals surface area contributed by atoms with Crippen molar-refractivity contribution in [3.05, 3.63) is 280 Å². The Kier molecular flexibility index (Phi) is 28.4. The number of halogens is 1. The van der Waals surface area contributed by atoms with Crippen LogP contribution in [0.3, 0.4) is 0 Å². The Morgan fingerprint density at radius 2 is 0.817 bits per heavy atom. The molecule has 6 aromatic carbocycles. The molecule has 0 atom stereocenters. The van der Waals surface area contributed by atoms with Crippen LogP contribution in [0.1, 0.15) is 168 Å². The van der Waals surface area contributed by atoms with Gasteiger partial charge in [0.15, 0.2) is 0 Å². The minimum atomic E-state index is -0.471. The topological polar surface area (TPSA) is 359 Å². The Morgan fingerprint density at radius 3 is 1.29 bits per heavy atom. The maximum atomic E-state index is 12.6. The van der Waals surface area contributed by atoms with Crippen molar-refractivity contribution in [2.75, 3.05) is 86.8 Å². The third-order valence-corrected chi connectivity index (χ3v) is 24.2. The molecule has 4 amide bonds. The van der Waals surface area contributed by atoms with Gasteiger partial charge in [-0.3, -0.25) is 20.0 Å². The predicted octanol–water partition coefficient (Wildman–Crippen LogP) is 13.2.